The van der Waals surface area contributed by atoms with E-state index in [0.29, 0.717) is 30.0 Å². The number of furan rings is 1. The zero-order valence-corrected chi connectivity index (χ0v) is 13.0. The number of nitrogens with zero attached hydrogens (tertiary/aromatic N) is 2. The Morgan fingerprint density at radius 3 is 3.13 bits per heavy atom. The van der Waals surface area contributed by atoms with E-state index in [2.05, 4.69) is 10.3 Å². The van der Waals surface area contributed by atoms with Crippen molar-refractivity contribution in [1.82, 2.24) is 14.9 Å². The third-order valence-corrected chi connectivity index (χ3v) is 3.53. The second kappa shape index (κ2) is 7.00. The number of ether oxygens (including phenoxy) is 1. The standard InChI is InChI=1S/C17H19N3O3/c1-2-22-15-10-13(11-16-14(15)4-9-23-16)17(21)19-5-3-7-20-8-6-18-12-20/h4,6,8-12H,2-3,5,7H2,1H3,(H,19,21). The molecule has 6 heteroatoms. The van der Waals surface area contributed by atoms with Crippen LogP contribution in [0.2, 0.25) is 0 Å². The van der Waals surface area contributed by atoms with Crippen LogP contribution in [0.3, 0.4) is 0 Å². The topological polar surface area (TPSA) is 69.3 Å². The molecule has 6 nitrogen and oxygen atoms in total. The summed E-state index contributed by atoms with van der Waals surface area (Å²) in [5, 5.41) is 3.80. The molecule has 3 aromatic rings. The quantitative estimate of drug-likeness (QED) is 0.681. The van der Waals surface area contributed by atoms with Gasteiger partial charge >= 0.3 is 0 Å². The Balaban J connectivity index is 1.63. The van der Waals surface area contributed by atoms with Gasteiger partial charge in [-0.15, -0.1) is 0 Å². The zero-order valence-electron chi connectivity index (χ0n) is 13.0. The van der Waals surface area contributed by atoms with E-state index in [4.69, 9.17) is 9.15 Å². The number of imidazole rings is 1. The second-order valence-electron chi connectivity index (χ2n) is 5.15. The molecule has 1 N–H and O–H groups in total. The first kappa shape index (κ1) is 15.1. The van der Waals surface area contributed by atoms with E-state index in [1.165, 1.54) is 0 Å². The van der Waals surface area contributed by atoms with E-state index in [1.54, 1.807) is 30.9 Å². The molecule has 0 fully saturated rings. The highest BCUT2D eigenvalue weighted by Gasteiger charge is 2.12. The van der Waals surface area contributed by atoms with Crippen LogP contribution in [0.4, 0.5) is 0 Å². The van der Waals surface area contributed by atoms with Gasteiger partial charge in [0, 0.05) is 31.0 Å². The van der Waals surface area contributed by atoms with Crippen molar-refractivity contribution >= 4 is 16.9 Å². The molecule has 0 aliphatic rings. The van der Waals surface area contributed by atoms with Gasteiger partial charge in [-0.3, -0.25) is 4.79 Å². The summed E-state index contributed by atoms with van der Waals surface area (Å²) in [7, 11) is 0. The number of hydrogen-bond acceptors (Lipinski definition) is 4. The Bertz CT molecular complexity index is 778. The van der Waals surface area contributed by atoms with Gasteiger partial charge in [0.2, 0.25) is 0 Å². The minimum atomic E-state index is -0.130. The molecule has 3 rings (SSSR count). The van der Waals surface area contributed by atoms with Crippen molar-refractivity contribution in [3.8, 4) is 5.75 Å². The first-order chi connectivity index (χ1) is 11.3. The Morgan fingerprint density at radius 1 is 1.43 bits per heavy atom. The lowest BCUT2D eigenvalue weighted by Crippen LogP contribution is -2.25. The summed E-state index contributed by atoms with van der Waals surface area (Å²) in [6.45, 7) is 3.86. The Kier molecular flexibility index (Phi) is 4.61. The van der Waals surface area contributed by atoms with Crippen LogP contribution in [0.15, 0.2) is 47.6 Å². The summed E-state index contributed by atoms with van der Waals surface area (Å²) < 4.78 is 13.0. The van der Waals surface area contributed by atoms with Crippen LogP contribution in [0, 0.1) is 0 Å². The number of rotatable bonds is 7. The van der Waals surface area contributed by atoms with Crippen molar-refractivity contribution < 1.29 is 13.9 Å². The van der Waals surface area contributed by atoms with Gasteiger partial charge < -0.3 is 19.0 Å². The minimum absolute atomic E-state index is 0.130. The molecule has 0 unspecified atom stereocenters. The van der Waals surface area contributed by atoms with Gasteiger partial charge in [-0.1, -0.05) is 0 Å². The number of aryl methyl sites for hydroxylation is 1. The lowest BCUT2D eigenvalue weighted by Gasteiger charge is -2.09. The number of carbonyl (C=O) groups excluding carboxylic acids is 1. The molecule has 0 atom stereocenters. The van der Waals surface area contributed by atoms with Crippen LogP contribution in [-0.2, 0) is 6.54 Å². The predicted octanol–water partition coefficient (Wildman–Crippen LogP) is 2.85. The number of fused-ring (bicyclic) bond motifs is 1. The number of hydrogen-bond donors (Lipinski definition) is 1. The lowest BCUT2D eigenvalue weighted by atomic mass is 10.1. The summed E-state index contributed by atoms with van der Waals surface area (Å²) in [5.41, 5.74) is 1.19. The Labute approximate surface area is 134 Å². The molecule has 0 saturated carbocycles. The average Bonchev–Trinajstić information content (AvgIpc) is 3.22. The first-order valence-electron chi connectivity index (χ1n) is 7.66. The smallest absolute Gasteiger partial charge is 0.251 e. The second-order valence-corrected chi connectivity index (χ2v) is 5.15. The van der Waals surface area contributed by atoms with Crippen LogP contribution >= 0.6 is 0 Å². The fourth-order valence-electron chi connectivity index (χ4n) is 2.43. The molecular formula is C17H19N3O3. The zero-order chi connectivity index (χ0) is 16.1. The molecule has 0 aliphatic carbocycles. The number of benzene rings is 1. The Hall–Kier alpha value is -2.76. The van der Waals surface area contributed by atoms with E-state index in [-0.39, 0.29) is 5.91 Å². The summed E-state index contributed by atoms with van der Waals surface area (Å²) >= 11 is 0. The number of carbonyl (C=O) groups is 1. The van der Waals surface area contributed by atoms with Crippen molar-refractivity contribution in [2.45, 2.75) is 19.9 Å². The largest absolute Gasteiger partial charge is 0.493 e. The Morgan fingerprint density at radius 2 is 2.35 bits per heavy atom. The third-order valence-electron chi connectivity index (χ3n) is 3.53. The van der Waals surface area contributed by atoms with E-state index < -0.39 is 0 Å². The van der Waals surface area contributed by atoms with Crippen LogP contribution in [0.5, 0.6) is 5.75 Å². The van der Waals surface area contributed by atoms with Crippen molar-refractivity contribution in [2.75, 3.05) is 13.2 Å². The van der Waals surface area contributed by atoms with Gasteiger partial charge in [0.15, 0.2) is 0 Å². The fourth-order valence-corrected chi connectivity index (χ4v) is 2.43. The summed E-state index contributed by atoms with van der Waals surface area (Å²) in [4.78, 5) is 16.3. The highest BCUT2D eigenvalue weighted by atomic mass is 16.5. The van der Waals surface area contributed by atoms with Crippen LogP contribution in [-0.4, -0.2) is 28.6 Å². The van der Waals surface area contributed by atoms with Gasteiger partial charge in [0.1, 0.15) is 11.3 Å². The van der Waals surface area contributed by atoms with Gasteiger partial charge in [-0.25, -0.2) is 4.98 Å². The third kappa shape index (κ3) is 3.53. The summed E-state index contributed by atoms with van der Waals surface area (Å²) in [5.74, 6) is 0.539. The molecule has 0 saturated heterocycles. The van der Waals surface area contributed by atoms with Crippen molar-refractivity contribution in [3.63, 3.8) is 0 Å². The van der Waals surface area contributed by atoms with E-state index >= 15 is 0 Å². The normalized spacial score (nSPS) is 10.8. The van der Waals surface area contributed by atoms with Crippen molar-refractivity contribution in [3.05, 3.63) is 48.7 Å². The van der Waals surface area contributed by atoms with Crippen LogP contribution in [0.25, 0.3) is 11.0 Å². The summed E-state index contributed by atoms with van der Waals surface area (Å²) in [6, 6.07) is 5.34. The maximum Gasteiger partial charge on any atom is 0.251 e. The van der Waals surface area contributed by atoms with E-state index in [1.807, 2.05) is 23.8 Å². The molecule has 1 amide bonds. The monoisotopic (exact) mass is 313 g/mol. The maximum absolute atomic E-state index is 12.3. The predicted molar refractivity (Wildman–Crippen MR) is 86.6 cm³/mol. The van der Waals surface area contributed by atoms with Gasteiger partial charge in [-0.05, 0) is 31.5 Å². The van der Waals surface area contributed by atoms with Gasteiger partial charge in [-0.2, -0.15) is 0 Å². The highest BCUT2D eigenvalue weighted by Crippen LogP contribution is 2.28. The fraction of sp³-hybridized carbons (Fsp3) is 0.294. The molecule has 0 bridgehead atoms. The minimum Gasteiger partial charge on any atom is -0.493 e. The van der Waals surface area contributed by atoms with E-state index in [9.17, 15) is 4.79 Å². The van der Waals surface area contributed by atoms with Gasteiger partial charge in [0.05, 0.1) is 24.6 Å². The van der Waals surface area contributed by atoms with Crippen molar-refractivity contribution in [1.29, 1.82) is 0 Å². The summed E-state index contributed by atoms with van der Waals surface area (Å²) in [6.07, 6.45) is 7.85. The molecule has 1 aromatic carbocycles. The number of nitrogens with one attached hydrogen (secondary N) is 1. The molecule has 0 aliphatic heterocycles. The first-order valence-corrected chi connectivity index (χ1v) is 7.66. The number of amides is 1. The molecule has 2 heterocycles. The molecular weight excluding hydrogens is 294 g/mol. The molecule has 2 aromatic heterocycles. The van der Waals surface area contributed by atoms with Crippen molar-refractivity contribution in [2.24, 2.45) is 0 Å². The number of aromatic nitrogens is 2. The SMILES string of the molecule is CCOc1cc(C(=O)NCCCn2ccnc2)cc2occc12. The average molecular weight is 313 g/mol. The maximum atomic E-state index is 12.3. The van der Waals surface area contributed by atoms with Crippen LogP contribution < -0.4 is 10.1 Å². The lowest BCUT2D eigenvalue weighted by molar-refractivity contribution is 0.0952. The van der Waals surface area contributed by atoms with Gasteiger partial charge in [0.25, 0.3) is 5.91 Å². The molecule has 0 spiro atoms. The van der Waals surface area contributed by atoms with E-state index in [0.717, 1.165) is 18.4 Å². The molecule has 23 heavy (non-hydrogen) atoms. The highest BCUT2D eigenvalue weighted by molar-refractivity contribution is 5.99. The van der Waals surface area contributed by atoms with Crippen LogP contribution in [0.1, 0.15) is 23.7 Å². The molecule has 120 valence electrons. The molecule has 0 radical (unpaired) electrons.